The molecule has 1 fully saturated rings. The molecule has 0 unspecified atom stereocenters. The van der Waals surface area contributed by atoms with Gasteiger partial charge in [-0.05, 0) is 32.9 Å². The zero-order valence-corrected chi connectivity index (χ0v) is 10.7. The zero-order valence-electron chi connectivity index (χ0n) is 10.7. The maximum Gasteiger partial charge on any atom is 0.138 e. The molecule has 17 heavy (non-hydrogen) atoms. The van der Waals surface area contributed by atoms with E-state index in [0.717, 1.165) is 31.1 Å². The van der Waals surface area contributed by atoms with E-state index in [0.29, 0.717) is 6.54 Å². The maximum absolute atomic E-state index is 9.82. The summed E-state index contributed by atoms with van der Waals surface area (Å²) in [5.74, 6) is 0.276. The number of ether oxygens (including phenoxy) is 1. The van der Waals surface area contributed by atoms with Gasteiger partial charge in [0, 0.05) is 24.3 Å². The second-order valence-corrected chi connectivity index (χ2v) is 5.21. The minimum atomic E-state index is -0.00385. The van der Waals surface area contributed by atoms with Crippen LogP contribution in [0.1, 0.15) is 25.2 Å². The summed E-state index contributed by atoms with van der Waals surface area (Å²) in [7, 11) is 0. The number of morpholine rings is 1. The Labute approximate surface area is 102 Å². The molecule has 0 aromatic carbocycles. The number of pyridine rings is 1. The molecule has 94 valence electrons. The minimum absolute atomic E-state index is 0.00385. The van der Waals surface area contributed by atoms with Gasteiger partial charge in [0.1, 0.15) is 5.75 Å². The fraction of sp³-hybridized carbons (Fsp3) is 0.615. The third kappa shape index (κ3) is 2.76. The lowest BCUT2D eigenvalue weighted by Gasteiger charge is -2.41. The van der Waals surface area contributed by atoms with E-state index in [-0.39, 0.29) is 11.3 Å². The molecule has 0 aliphatic carbocycles. The summed E-state index contributed by atoms with van der Waals surface area (Å²) < 4.78 is 5.48. The molecule has 1 aliphatic heterocycles. The van der Waals surface area contributed by atoms with Crippen molar-refractivity contribution < 1.29 is 9.84 Å². The number of aryl methyl sites for hydroxylation is 1. The van der Waals surface area contributed by atoms with Crippen LogP contribution in [0.15, 0.2) is 12.1 Å². The lowest BCUT2D eigenvalue weighted by atomic mass is 10.0. The van der Waals surface area contributed by atoms with E-state index in [1.165, 1.54) is 0 Å². The minimum Gasteiger partial charge on any atom is -0.506 e. The van der Waals surface area contributed by atoms with Crippen LogP contribution in [0.4, 0.5) is 0 Å². The predicted octanol–water partition coefficient (Wildman–Crippen LogP) is 1.71. The highest BCUT2D eigenvalue weighted by Gasteiger charge is 2.31. The Morgan fingerprint density at radius 2 is 2.24 bits per heavy atom. The van der Waals surface area contributed by atoms with Gasteiger partial charge in [-0.25, -0.2) is 0 Å². The van der Waals surface area contributed by atoms with Crippen molar-refractivity contribution in [3.8, 4) is 5.75 Å². The second kappa shape index (κ2) is 4.63. The largest absolute Gasteiger partial charge is 0.506 e. The van der Waals surface area contributed by atoms with Crippen molar-refractivity contribution in [2.45, 2.75) is 32.9 Å². The summed E-state index contributed by atoms with van der Waals surface area (Å²) in [5.41, 5.74) is 1.68. The number of rotatable bonds is 2. The SMILES string of the molecule is Cc1ccc(O)c(CN2CCOCC2(C)C)n1. The normalized spacial score (nSPS) is 20.4. The number of aromatic nitrogens is 1. The fourth-order valence-corrected chi connectivity index (χ4v) is 2.08. The van der Waals surface area contributed by atoms with Crippen LogP contribution < -0.4 is 0 Å². The van der Waals surface area contributed by atoms with Crippen LogP contribution in [-0.2, 0) is 11.3 Å². The van der Waals surface area contributed by atoms with E-state index < -0.39 is 0 Å². The Hall–Kier alpha value is -1.13. The first-order valence-corrected chi connectivity index (χ1v) is 5.97. The van der Waals surface area contributed by atoms with E-state index >= 15 is 0 Å². The van der Waals surface area contributed by atoms with Crippen LogP contribution in [0.5, 0.6) is 5.75 Å². The van der Waals surface area contributed by atoms with Crippen LogP contribution in [0, 0.1) is 6.92 Å². The van der Waals surface area contributed by atoms with E-state index in [4.69, 9.17) is 4.74 Å². The number of aromatic hydroxyl groups is 1. The number of hydrogen-bond donors (Lipinski definition) is 1. The van der Waals surface area contributed by atoms with E-state index in [1.807, 2.05) is 13.0 Å². The van der Waals surface area contributed by atoms with Crippen LogP contribution in [0.25, 0.3) is 0 Å². The standard InChI is InChI=1S/C13H20N2O2/c1-10-4-5-12(16)11(14-10)8-15-6-7-17-9-13(15,2)3/h4-5,16H,6-9H2,1-3H3. The van der Waals surface area contributed by atoms with Gasteiger partial charge in [-0.15, -0.1) is 0 Å². The molecular weight excluding hydrogens is 216 g/mol. The molecule has 1 N–H and O–H groups in total. The number of hydrogen-bond acceptors (Lipinski definition) is 4. The molecule has 1 aliphatic rings. The lowest BCUT2D eigenvalue weighted by Crippen LogP contribution is -2.52. The van der Waals surface area contributed by atoms with Gasteiger partial charge in [-0.2, -0.15) is 0 Å². The predicted molar refractivity (Wildman–Crippen MR) is 65.9 cm³/mol. The van der Waals surface area contributed by atoms with Gasteiger partial charge in [0.2, 0.25) is 0 Å². The van der Waals surface area contributed by atoms with Gasteiger partial charge in [0.25, 0.3) is 0 Å². The van der Waals surface area contributed by atoms with Crippen molar-refractivity contribution in [1.82, 2.24) is 9.88 Å². The highest BCUT2D eigenvalue weighted by atomic mass is 16.5. The third-order valence-electron chi connectivity index (χ3n) is 3.25. The first-order chi connectivity index (χ1) is 7.99. The van der Waals surface area contributed by atoms with Gasteiger partial charge in [-0.3, -0.25) is 9.88 Å². The molecule has 1 aromatic rings. The van der Waals surface area contributed by atoms with Crippen molar-refractivity contribution >= 4 is 0 Å². The Bertz CT molecular complexity index is 404. The average Bonchev–Trinajstić information content (AvgIpc) is 2.26. The fourth-order valence-electron chi connectivity index (χ4n) is 2.08. The quantitative estimate of drug-likeness (QED) is 0.849. The maximum atomic E-state index is 9.82. The van der Waals surface area contributed by atoms with E-state index in [2.05, 4.69) is 23.7 Å². The smallest absolute Gasteiger partial charge is 0.138 e. The first-order valence-electron chi connectivity index (χ1n) is 5.97. The topological polar surface area (TPSA) is 45.6 Å². The zero-order chi connectivity index (χ0) is 12.5. The van der Waals surface area contributed by atoms with Crippen molar-refractivity contribution in [2.75, 3.05) is 19.8 Å². The average molecular weight is 236 g/mol. The van der Waals surface area contributed by atoms with Crippen molar-refractivity contribution in [2.24, 2.45) is 0 Å². The molecule has 0 radical (unpaired) electrons. The summed E-state index contributed by atoms with van der Waals surface area (Å²) in [6, 6.07) is 3.54. The number of nitrogens with zero attached hydrogens (tertiary/aromatic N) is 2. The monoisotopic (exact) mass is 236 g/mol. The molecule has 1 aromatic heterocycles. The molecular formula is C13H20N2O2. The molecule has 0 spiro atoms. The van der Waals surface area contributed by atoms with E-state index in [1.54, 1.807) is 6.07 Å². The van der Waals surface area contributed by atoms with Crippen molar-refractivity contribution in [3.05, 3.63) is 23.5 Å². The van der Waals surface area contributed by atoms with E-state index in [9.17, 15) is 5.11 Å². The molecule has 0 atom stereocenters. The van der Waals surface area contributed by atoms with Crippen LogP contribution in [0.3, 0.4) is 0 Å². The summed E-state index contributed by atoms with van der Waals surface area (Å²) in [6.45, 7) is 9.26. The van der Waals surface area contributed by atoms with Crippen LogP contribution >= 0.6 is 0 Å². The van der Waals surface area contributed by atoms with Gasteiger partial charge >= 0.3 is 0 Å². The lowest BCUT2D eigenvalue weighted by molar-refractivity contribution is -0.0560. The van der Waals surface area contributed by atoms with Crippen LogP contribution in [0.2, 0.25) is 0 Å². The highest BCUT2D eigenvalue weighted by Crippen LogP contribution is 2.24. The summed E-state index contributed by atoms with van der Waals surface area (Å²) in [5, 5.41) is 9.82. The second-order valence-electron chi connectivity index (χ2n) is 5.21. The third-order valence-corrected chi connectivity index (χ3v) is 3.25. The molecule has 0 bridgehead atoms. The Kier molecular flexibility index (Phi) is 3.35. The summed E-state index contributed by atoms with van der Waals surface area (Å²) >= 11 is 0. The Morgan fingerprint density at radius 1 is 1.47 bits per heavy atom. The Morgan fingerprint density at radius 3 is 2.94 bits per heavy atom. The van der Waals surface area contributed by atoms with Crippen molar-refractivity contribution in [1.29, 1.82) is 0 Å². The molecule has 4 nitrogen and oxygen atoms in total. The molecule has 2 heterocycles. The van der Waals surface area contributed by atoms with Gasteiger partial charge in [0.15, 0.2) is 0 Å². The molecule has 1 saturated heterocycles. The van der Waals surface area contributed by atoms with Crippen LogP contribution in [-0.4, -0.2) is 40.3 Å². The molecule has 2 rings (SSSR count). The Balaban J connectivity index is 2.16. The summed E-state index contributed by atoms with van der Waals surface area (Å²) in [4.78, 5) is 6.70. The summed E-state index contributed by atoms with van der Waals surface area (Å²) in [6.07, 6.45) is 0. The molecule has 0 amide bonds. The highest BCUT2D eigenvalue weighted by molar-refractivity contribution is 5.27. The van der Waals surface area contributed by atoms with Gasteiger partial charge in [0.05, 0.1) is 18.9 Å². The van der Waals surface area contributed by atoms with Crippen molar-refractivity contribution in [3.63, 3.8) is 0 Å². The van der Waals surface area contributed by atoms with Gasteiger partial charge in [-0.1, -0.05) is 0 Å². The molecule has 4 heteroatoms. The molecule has 0 saturated carbocycles. The van der Waals surface area contributed by atoms with Gasteiger partial charge < -0.3 is 9.84 Å². The first kappa shape index (κ1) is 12.3.